The van der Waals surface area contributed by atoms with Crippen LogP contribution in [0.5, 0.6) is 0 Å². The minimum Gasteiger partial charge on any atom is -0.383 e. The third kappa shape index (κ3) is 3.39. The van der Waals surface area contributed by atoms with Crippen molar-refractivity contribution < 1.29 is 9.90 Å². The Hall–Kier alpha value is -2.92. The molecule has 1 amide bonds. The van der Waals surface area contributed by atoms with Crippen LogP contribution in [0, 0.1) is 0 Å². The maximum Gasteiger partial charge on any atom is 0.224 e. The van der Waals surface area contributed by atoms with Crippen LogP contribution in [0.15, 0.2) is 67.3 Å². The van der Waals surface area contributed by atoms with Gasteiger partial charge in [0, 0.05) is 30.9 Å². The van der Waals surface area contributed by atoms with Crippen molar-refractivity contribution in [1.82, 2.24) is 9.55 Å². The molecule has 132 valence electrons. The Kier molecular flexibility index (Phi) is 4.31. The largest absolute Gasteiger partial charge is 0.383 e. The molecule has 0 saturated heterocycles. The first kappa shape index (κ1) is 16.5. The van der Waals surface area contributed by atoms with Gasteiger partial charge in [0.25, 0.3) is 0 Å². The summed E-state index contributed by atoms with van der Waals surface area (Å²) in [6.07, 6.45) is 6.96. The lowest BCUT2D eigenvalue weighted by Crippen LogP contribution is -2.34. The third-order valence-corrected chi connectivity index (χ3v) is 4.88. The molecule has 2 heterocycles. The van der Waals surface area contributed by atoms with E-state index in [-0.39, 0.29) is 5.91 Å². The summed E-state index contributed by atoms with van der Waals surface area (Å²) in [7, 11) is 0. The molecule has 3 aromatic rings. The van der Waals surface area contributed by atoms with Crippen LogP contribution in [0.3, 0.4) is 0 Å². The average Bonchev–Trinajstić information content (AvgIpc) is 3.14. The summed E-state index contributed by atoms with van der Waals surface area (Å²) >= 11 is 0. The third-order valence-electron chi connectivity index (χ3n) is 4.88. The van der Waals surface area contributed by atoms with E-state index in [0.717, 1.165) is 22.4 Å². The van der Waals surface area contributed by atoms with E-state index in [9.17, 15) is 9.90 Å². The second-order valence-corrected chi connectivity index (χ2v) is 6.85. The Morgan fingerprint density at radius 2 is 2.00 bits per heavy atom. The molecule has 0 spiro atoms. The van der Waals surface area contributed by atoms with Crippen LogP contribution in [0.1, 0.15) is 23.1 Å². The first-order valence-corrected chi connectivity index (χ1v) is 8.78. The van der Waals surface area contributed by atoms with Gasteiger partial charge in [-0.15, -0.1) is 0 Å². The van der Waals surface area contributed by atoms with Crippen LogP contribution in [0.25, 0.3) is 0 Å². The second kappa shape index (κ2) is 6.77. The topological polar surface area (TPSA) is 67.1 Å². The highest BCUT2D eigenvalue weighted by Gasteiger charge is 2.31. The summed E-state index contributed by atoms with van der Waals surface area (Å²) in [5.41, 5.74) is 2.76. The lowest BCUT2D eigenvalue weighted by Gasteiger charge is -2.31. The molecule has 5 nitrogen and oxygen atoms in total. The van der Waals surface area contributed by atoms with Gasteiger partial charge >= 0.3 is 0 Å². The van der Waals surface area contributed by atoms with Gasteiger partial charge in [0.15, 0.2) is 0 Å². The minimum atomic E-state index is -1.07. The smallest absolute Gasteiger partial charge is 0.224 e. The molecule has 1 atom stereocenters. The normalized spacial score (nSPS) is 15.8. The number of aliphatic hydroxyl groups is 1. The van der Waals surface area contributed by atoms with Gasteiger partial charge in [0.2, 0.25) is 5.91 Å². The predicted molar refractivity (Wildman–Crippen MR) is 99.7 cm³/mol. The maximum absolute atomic E-state index is 11.6. The van der Waals surface area contributed by atoms with Crippen LogP contribution in [-0.4, -0.2) is 20.6 Å². The van der Waals surface area contributed by atoms with Gasteiger partial charge in [-0.05, 0) is 29.2 Å². The fourth-order valence-corrected chi connectivity index (χ4v) is 3.54. The standard InChI is InChI=1S/C21H21N3O2/c25-20-9-6-17-12-18(7-8-19(17)23-20)21(26,14-24-11-10-22-15-24)13-16-4-2-1-3-5-16/h1-5,7-8,10-12,15,26H,6,9,13-14H2,(H,23,25). The van der Waals surface area contributed by atoms with E-state index in [2.05, 4.69) is 10.3 Å². The van der Waals surface area contributed by atoms with Crippen molar-refractivity contribution in [3.05, 3.63) is 83.9 Å². The number of imidazole rings is 1. The zero-order valence-electron chi connectivity index (χ0n) is 14.4. The van der Waals surface area contributed by atoms with Crippen molar-refractivity contribution in [2.75, 3.05) is 5.32 Å². The lowest BCUT2D eigenvalue weighted by molar-refractivity contribution is -0.116. The summed E-state index contributed by atoms with van der Waals surface area (Å²) < 4.78 is 1.89. The molecule has 0 aliphatic carbocycles. The summed E-state index contributed by atoms with van der Waals surface area (Å²) in [5, 5.41) is 14.5. The Balaban J connectivity index is 1.71. The summed E-state index contributed by atoms with van der Waals surface area (Å²) in [4.78, 5) is 15.7. The molecule has 2 N–H and O–H groups in total. The number of hydrogen-bond acceptors (Lipinski definition) is 3. The van der Waals surface area contributed by atoms with Gasteiger partial charge in [0.1, 0.15) is 5.60 Å². The number of carbonyl (C=O) groups is 1. The number of nitrogens with one attached hydrogen (secondary N) is 1. The van der Waals surface area contributed by atoms with Crippen molar-refractivity contribution in [3.8, 4) is 0 Å². The molecule has 5 heteroatoms. The average molecular weight is 347 g/mol. The number of rotatable bonds is 5. The molecule has 0 bridgehead atoms. The van der Waals surface area contributed by atoms with Crippen molar-refractivity contribution in [1.29, 1.82) is 0 Å². The Labute approximate surface area is 152 Å². The van der Waals surface area contributed by atoms with Gasteiger partial charge in [-0.25, -0.2) is 4.98 Å². The van der Waals surface area contributed by atoms with Gasteiger partial charge in [-0.1, -0.05) is 42.5 Å². The van der Waals surface area contributed by atoms with Crippen LogP contribution in [0.4, 0.5) is 5.69 Å². The van der Waals surface area contributed by atoms with E-state index < -0.39 is 5.60 Å². The number of hydrogen-bond donors (Lipinski definition) is 2. The van der Waals surface area contributed by atoms with E-state index in [1.54, 1.807) is 12.5 Å². The zero-order chi connectivity index (χ0) is 18.0. The fraction of sp³-hybridized carbons (Fsp3) is 0.238. The number of aryl methyl sites for hydroxylation is 1. The number of anilines is 1. The first-order chi connectivity index (χ1) is 12.6. The number of aromatic nitrogens is 2. The fourth-order valence-electron chi connectivity index (χ4n) is 3.54. The summed E-state index contributed by atoms with van der Waals surface area (Å²) in [5.74, 6) is 0.0446. The molecule has 1 aliphatic heterocycles. The van der Waals surface area contributed by atoms with Crippen molar-refractivity contribution in [3.63, 3.8) is 0 Å². The SMILES string of the molecule is O=C1CCc2cc(C(O)(Cc3ccccc3)Cn3ccnc3)ccc2N1. The van der Waals surface area contributed by atoms with Crippen molar-refractivity contribution in [2.24, 2.45) is 0 Å². The quantitative estimate of drug-likeness (QED) is 0.746. The molecule has 0 saturated carbocycles. The number of fused-ring (bicyclic) bond motifs is 1. The zero-order valence-corrected chi connectivity index (χ0v) is 14.4. The Morgan fingerprint density at radius 3 is 2.77 bits per heavy atom. The molecule has 0 fully saturated rings. The number of nitrogens with zero attached hydrogens (tertiary/aromatic N) is 2. The molecule has 1 aromatic heterocycles. The number of amides is 1. The van der Waals surface area contributed by atoms with Gasteiger partial charge in [-0.2, -0.15) is 0 Å². The highest BCUT2D eigenvalue weighted by molar-refractivity contribution is 5.93. The van der Waals surface area contributed by atoms with Crippen molar-refractivity contribution in [2.45, 2.75) is 31.4 Å². The Morgan fingerprint density at radius 1 is 1.15 bits per heavy atom. The number of carbonyl (C=O) groups excluding carboxylic acids is 1. The van der Waals surface area contributed by atoms with Crippen LogP contribution in [0.2, 0.25) is 0 Å². The maximum atomic E-state index is 11.6. The molecule has 0 radical (unpaired) electrons. The molecule has 26 heavy (non-hydrogen) atoms. The molecule has 1 aliphatic rings. The Bertz CT molecular complexity index is 906. The van der Waals surface area contributed by atoms with E-state index in [4.69, 9.17) is 0 Å². The van der Waals surface area contributed by atoms with Gasteiger partial charge < -0.3 is 15.0 Å². The van der Waals surface area contributed by atoms with E-state index in [1.165, 1.54) is 0 Å². The summed E-state index contributed by atoms with van der Waals surface area (Å²) in [6.45, 7) is 0.410. The van der Waals surface area contributed by atoms with E-state index in [0.29, 0.717) is 25.8 Å². The number of benzene rings is 2. The van der Waals surface area contributed by atoms with Gasteiger partial charge in [-0.3, -0.25) is 4.79 Å². The summed E-state index contributed by atoms with van der Waals surface area (Å²) in [6, 6.07) is 15.8. The van der Waals surface area contributed by atoms with Crippen LogP contribution in [-0.2, 0) is 29.8 Å². The van der Waals surface area contributed by atoms with Crippen LogP contribution >= 0.6 is 0 Å². The second-order valence-electron chi connectivity index (χ2n) is 6.85. The molecular weight excluding hydrogens is 326 g/mol. The highest BCUT2D eigenvalue weighted by atomic mass is 16.3. The lowest BCUT2D eigenvalue weighted by atomic mass is 9.85. The minimum absolute atomic E-state index is 0.0446. The predicted octanol–water partition coefficient (Wildman–Crippen LogP) is 2.90. The first-order valence-electron chi connectivity index (χ1n) is 8.78. The van der Waals surface area contributed by atoms with Crippen molar-refractivity contribution >= 4 is 11.6 Å². The molecule has 1 unspecified atom stereocenters. The molecule has 2 aromatic carbocycles. The van der Waals surface area contributed by atoms with Crippen LogP contribution < -0.4 is 5.32 Å². The van der Waals surface area contributed by atoms with E-state index >= 15 is 0 Å². The molecular formula is C21H21N3O2. The van der Waals surface area contributed by atoms with E-state index in [1.807, 2.05) is 59.3 Å². The highest BCUT2D eigenvalue weighted by Crippen LogP contribution is 2.32. The molecule has 4 rings (SSSR count). The monoisotopic (exact) mass is 347 g/mol. The van der Waals surface area contributed by atoms with Gasteiger partial charge in [0.05, 0.1) is 12.9 Å².